The summed E-state index contributed by atoms with van der Waals surface area (Å²) in [6, 6.07) is 14.0. The van der Waals surface area contributed by atoms with Gasteiger partial charge < -0.3 is 20.3 Å². The minimum absolute atomic E-state index is 0.320. The number of amides is 1. The van der Waals surface area contributed by atoms with Crippen molar-refractivity contribution < 1.29 is 9.53 Å². The van der Waals surface area contributed by atoms with Gasteiger partial charge >= 0.3 is 0 Å². The number of aromatic nitrogens is 2. The highest BCUT2D eigenvalue weighted by Crippen LogP contribution is 2.23. The van der Waals surface area contributed by atoms with Gasteiger partial charge in [-0.05, 0) is 49.4 Å². The second kappa shape index (κ2) is 9.51. The zero-order valence-corrected chi connectivity index (χ0v) is 18.4. The first-order valence-corrected chi connectivity index (χ1v) is 10.6. The highest BCUT2D eigenvalue weighted by atomic mass is 35.5. The van der Waals surface area contributed by atoms with Crippen LogP contribution in [-0.2, 0) is 4.74 Å². The number of benzene rings is 2. The maximum Gasteiger partial charge on any atom is 0.257 e. The third-order valence-corrected chi connectivity index (χ3v) is 5.31. The number of nitrogens with zero attached hydrogens (tertiary/aromatic N) is 3. The van der Waals surface area contributed by atoms with Gasteiger partial charge in [-0.3, -0.25) is 4.79 Å². The number of carbonyl (C=O) groups excluding carboxylic acids is 1. The molecule has 3 aromatic rings. The first-order valence-electron chi connectivity index (χ1n) is 9.80. The molecule has 0 radical (unpaired) electrons. The van der Waals surface area contributed by atoms with E-state index >= 15 is 0 Å². The molecule has 31 heavy (non-hydrogen) atoms. The Morgan fingerprint density at radius 1 is 1.00 bits per heavy atom. The quantitative estimate of drug-likeness (QED) is 0.565. The van der Waals surface area contributed by atoms with E-state index in [0.717, 1.165) is 30.3 Å². The monoisotopic (exact) mass is 457 g/mol. The standard InChI is InChI=1S/C22H21Cl2N5O2/c1-14-12-20(29-8-10-31-11-9-29)28-22(25-14)27-17-5-3-16(4-6-17)26-21(30)18-13-15(23)2-7-19(18)24/h2-7,12-13H,8-11H2,1H3,(H,26,30)(H,25,27,28). The van der Waals surface area contributed by atoms with Crippen molar-refractivity contribution in [2.75, 3.05) is 41.8 Å². The van der Waals surface area contributed by atoms with Gasteiger partial charge in [-0.1, -0.05) is 23.2 Å². The number of rotatable bonds is 5. The van der Waals surface area contributed by atoms with E-state index in [0.29, 0.717) is 40.5 Å². The summed E-state index contributed by atoms with van der Waals surface area (Å²) < 4.78 is 5.41. The molecule has 1 aromatic heterocycles. The molecule has 0 bridgehead atoms. The van der Waals surface area contributed by atoms with Gasteiger partial charge in [0.2, 0.25) is 5.95 Å². The highest BCUT2D eigenvalue weighted by Gasteiger charge is 2.15. The van der Waals surface area contributed by atoms with Crippen LogP contribution in [-0.4, -0.2) is 42.2 Å². The molecular weight excluding hydrogens is 437 g/mol. The van der Waals surface area contributed by atoms with E-state index in [-0.39, 0.29) is 5.91 Å². The second-order valence-corrected chi connectivity index (χ2v) is 7.91. The lowest BCUT2D eigenvalue weighted by Crippen LogP contribution is -2.36. The average Bonchev–Trinajstić information content (AvgIpc) is 2.77. The lowest BCUT2D eigenvalue weighted by atomic mass is 10.2. The van der Waals surface area contributed by atoms with E-state index in [1.165, 1.54) is 6.07 Å². The van der Waals surface area contributed by atoms with Crippen molar-refractivity contribution in [3.8, 4) is 0 Å². The van der Waals surface area contributed by atoms with Gasteiger partial charge in [-0.15, -0.1) is 0 Å². The third kappa shape index (κ3) is 5.44. The molecule has 1 aliphatic rings. The number of nitrogens with one attached hydrogen (secondary N) is 2. The Balaban J connectivity index is 1.44. The van der Waals surface area contributed by atoms with Gasteiger partial charge in [0.15, 0.2) is 0 Å². The Hall–Kier alpha value is -2.87. The molecule has 9 heteroatoms. The maximum atomic E-state index is 12.5. The van der Waals surface area contributed by atoms with Gasteiger partial charge in [0.1, 0.15) is 5.82 Å². The fraction of sp³-hybridized carbons (Fsp3) is 0.227. The second-order valence-electron chi connectivity index (χ2n) is 7.07. The summed E-state index contributed by atoms with van der Waals surface area (Å²) >= 11 is 12.1. The first kappa shape index (κ1) is 21.4. The Morgan fingerprint density at radius 3 is 2.45 bits per heavy atom. The van der Waals surface area contributed by atoms with Crippen LogP contribution in [0.25, 0.3) is 0 Å². The summed E-state index contributed by atoms with van der Waals surface area (Å²) in [5.41, 5.74) is 2.63. The number of halogens is 2. The highest BCUT2D eigenvalue weighted by molar-refractivity contribution is 6.36. The van der Waals surface area contributed by atoms with Crippen LogP contribution in [0.5, 0.6) is 0 Å². The van der Waals surface area contributed by atoms with E-state index < -0.39 is 0 Å². The van der Waals surface area contributed by atoms with E-state index in [2.05, 4.69) is 25.5 Å². The van der Waals surface area contributed by atoms with Gasteiger partial charge in [0, 0.05) is 41.2 Å². The molecule has 2 N–H and O–H groups in total. The lowest BCUT2D eigenvalue weighted by molar-refractivity contribution is 0.102. The first-order chi connectivity index (χ1) is 15.0. The topological polar surface area (TPSA) is 79.4 Å². The zero-order chi connectivity index (χ0) is 21.8. The molecule has 0 spiro atoms. The van der Waals surface area contributed by atoms with Crippen molar-refractivity contribution >= 4 is 52.3 Å². The average molecular weight is 458 g/mol. The van der Waals surface area contributed by atoms with Gasteiger partial charge in [0.05, 0.1) is 23.8 Å². The van der Waals surface area contributed by atoms with Crippen LogP contribution in [0.15, 0.2) is 48.5 Å². The molecule has 0 atom stereocenters. The van der Waals surface area contributed by atoms with Crippen molar-refractivity contribution in [1.82, 2.24) is 9.97 Å². The smallest absolute Gasteiger partial charge is 0.257 e. The van der Waals surface area contributed by atoms with Crippen LogP contribution in [0, 0.1) is 6.92 Å². The molecule has 1 aliphatic heterocycles. The molecule has 2 heterocycles. The molecular formula is C22H21Cl2N5O2. The number of hydrogen-bond acceptors (Lipinski definition) is 6. The van der Waals surface area contributed by atoms with Crippen molar-refractivity contribution in [3.05, 3.63) is 69.8 Å². The minimum atomic E-state index is -0.328. The molecule has 4 rings (SSSR count). The third-order valence-electron chi connectivity index (χ3n) is 4.75. The Labute approximate surface area is 190 Å². The maximum absolute atomic E-state index is 12.5. The normalized spacial score (nSPS) is 13.7. The lowest BCUT2D eigenvalue weighted by Gasteiger charge is -2.28. The molecule has 1 amide bonds. The van der Waals surface area contributed by atoms with E-state index in [1.807, 2.05) is 25.1 Å². The molecule has 0 aliphatic carbocycles. The Morgan fingerprint density at radius 2 is 1.71 bits per heavy atom. The van der Waals surface area contributed by atoms with Gasteiger partial charge in [-0.2, -0.15) is 4.98 Å². The van der Waals surface area contributed by atoms with Crippen LogP contribution in [0.4, 0.5) is 23.1 Å². The molecule has 1 saturated heterocycles. The number of morpholine rings is 1. The summed E-state index contributed by atoms with van der Waals surface area (Å²) in [5, 5.41) is 6.83. The summed E-state index contributed by atoms with van der Waals surface area (Å²) in [6.07, 6.45) is 0. The van der Waals surface area contributed by atoms with Gasteiger partial charge in [-0.25, -0.2) is 4.98 Å². The predicted octanol–water partition coefficient (Wildman–Crippen LogP) is 4.92. The number of ether oxygens (including phenoxy) is 1. The summed E-state index contributed by atoms with van der Waals surface area (Å²) in [6.45, 7) is 4.94. The van der Waals surface area contributed by atoms with Crippen LogP contribution in [0.1, 0.15) is 16.1 Å². The number of aryl methyl sites for hydroxylation is 1. The largest absolute Gasteiger partial charge is 0.378 e. The van der Waals surface area contributed by atoms with Crippen molar-refractivity contribution in [3.63, 3.8) is 0 Å². The van der Waals surface area contributed by atoms with Crippen LogP contribution in [0.3, 0.4) is 0 Å². The minimum Gasteiger partial charge on any atom is -0.378 e. The number of anilines is 4. The SMILES string of the molecule is Cc1cc(N2CCOCC2)nc(Nc2ccc(NC(=O)c3cc(Cl)ccc3Cl)cc2)n1. The Kier molecular flexibility index (Phi) is 6.56. The molecule has 0 saturated carbocycles. The number of hydrogen-bond donors (Lipinski definition) is 2. The van der Waals surface area contributed by atoms with Crippen molar-refractivity contribution in [2.45, 2.75) is 6.92 Å². The number of carbonyl (C=O) groups is 1. The van der Waals surface area contributed by atoms with E-state index in [9.17, 15) is 4.79 Å². The van der Waals surface area contributed by atoms with Crippen LogP contribution >= 0.6 is 23.2 Å². The van der Waals surface area contributed by atoms with E-state index in [4.69, 9.17) is 27.9 Å². The summed E-state index contributed by atoms with van der Waals surface area (Å²) in [4.78, 5) is 23.8. The molecule has 0 unspecified atom stereocenters. The summed E-state index contributed by atoms with van der Waals surface area (Å²) in [7, 11) is 0. The Bertz CT molecular complexity index is 1090. The van der Waals surface area contributed by atoms with Crippen LogP contribution < -0.4 is 15.5 Å². The molecule has 2 aromatic carbocycles. The predicted molar refractivity (Wildman–Crippen MR) is 124 cm³/mol. The zero-order valence-electron chi connectivity index (χ0n) is 16.9. The fourth-order valence-corrected chi connectivity index (χ4v) is 3.57. The van der Waals surface area contributed by atoms with Crippen LogP contribution in [0.2, 0.25) is 10.0 Å². The molecule has 160 valence electrons. The van der Waals surface area contributed by atoms with Crippen molar-refractivity contribution in [2.24, 2.45) is 0 Å². The summed E-state index contributed by atoms with van der Waals surface area (Å²) in [5.74, 6) is 1.06. The molecule has 7 nitrogen and oxygen atoms in total. The van der Waals surface area contributed by atoms with Crippen molar-refractivity contribution in [1.29, 1.82) is 0 Å². The fourth-order valence-electron chi connectivity index (χ4n) is 3.20. The molecule has 1 fully saturated rings. The van der Waals surface area contributed by atoms with E-state index in [1.54, 1.807) is 24.3 Å². The van der Waals surface area contributed by atoms with Gasteiger partial charge in [0.25, 0.3) is 5.91 Å².